The van der Waals surface area contributed by atoms with Gasteiger partial charge in [0.15, 0.2) is 6.04 Å². The molecule has 1 aromatic heterocycles. The summed E-state index contributed by atoms with van der Waals surface area (Å²) in [6, 6.07) is 6.00. The molecule has 2 rings (SSSR count). The van der Waals surface area contributed by atoms with E-state index in [-0.39, 0.29) is 0 Å². The van der Waals surface area contributed by atoms with Gasteiger partial charge in [-0.2, -0.15) is 0 Å². The summed E-state index contributed by atoms with van der Waals surface area (Å²) in [5.74, 6) is 1.97. The third-order valence-electron chi connectivity index (χ3n) is 2.69. The predicted molar refractivity (Wildman–Crippen MR) is 68.9 cm³/mol. The van der Waals surface area contributed by atoms with Gasteiger partial charge in [-0.15, -0.1) is 6.42 Å². The highest BCUT2D eigenvalue weighted by Gasteiger charge is 2.22. The highest BCUT2D eigenvalue weighted by molar-refractivity contribution is 5.76. The molecular weight excluding hydrogens is 244 g/mol. The molecule has 0 saturated heterocycles. The topological polar surface area (TPSA) is 64.4 Å². The summed E-state index contributed by atoms with van der Waals surface area (Å²) in [6.45, 7) is 0. The SMILES string of the molecule is C#Cc1cn(C(C(=O)O)c2cccc(OC)c2)cn1. The fraction of sp³-hybridized carbons (Fsp3) is 0.143. The van der Waals surface area contributed by atoms with Gasteiger partial charge in [-0.3, -0.25) is 0 Å². The lowest BCUT2D eigenvalue weighted by Gasteiger charge is -2.14. The molecule has 0 bridgehead atoms. The first-order valence-corrected chi connectivity index (χ1v) is 5.52. The fourth-order valence-corrected chi connectivity index (χ4v) is 1.81. The van der Waals surface area contributed by atoms with E-state index < -0.39 is 12.0 Å². The molecule has 0 amide bonds. The van der Waals surface area contributed by atoms with Gasteiger partial charge in [0, 0.05) is 6.20 Å². The average molecular weight is 256 g/mol. The van der Waals surface area contributed by atoms with Crippen molar-refractivity contribution in [1.29, 1.82) is 0 Å². The summed E-state index contributed by atoms with van der Waals surface area (Å²) in [5, 5.41) is 9.38. The second-order valence-electron chi connectivity index (χ2n) is 3.87. The number of benzene rings is 1. The summed E-state index contributed by atoms with van der Waals surface area (Å²) in [5.41, 5.74) is 0.988. The van der Waals surface area contributed by atoms with Gasteiger partial charge in [-0.05, 0) is 23.6 Å². The van der Waals surface area contributed by atoms with Gasteiger partial charge in [0.1, 0.15) is 11.4 Å². The Morgan fingerprint density at radius 3 is 2.95 bits per heavy atom. The van der Waals surface area contributed by atoms with Gasteiger partial charge in [-0.25, -0.2) is 9.78 Å². The second-order valence-corrected chi connectivity index (χ2v) is 3.87. The third kappa shape index (κ3) is 2.58. The monoisotopic (exact) mass is 256 g/mol. The molecule has 1 heterocycles. The first kappa shape index (κ1) is 12.7. The van der Waals surface area contributed by atoms with Crippen LogP contribution in [0.2, 0.25) is 0 Å². The van der Waals surface area contributed by atoms with Crippen molar-refractivity contribution in [2.75, 3.05) is 7.11 Å². The largest absolute Gasteiger partial charge is 0.497 e. The van der Waals surface area contributed by atoms with E-state index in [0.29, 0.717) is 17.0 Å². The molecule has 2 aromatic rings. The normalized spacial score (nSPS) is 11.6. The number of methoxy groups -OCH3 is 1. The quantitative estimate of drug-likeness (QED) is 0.843. The van der Waals surface area contributed by atoms with Gasteiger partial charge >= 0.3 is 5.97 Å². The minimum atomic E-state index is -0.991. The Hall–Kier alpha value is -2.74. The van der Waals surface area contributed by atoms with Crippen LogP contribution in [0.15, 0.2) is 36.8 Å². The van der Waals surface area contributed by atoms with Crippen LogP contribution in [-0.4, -0.2) is 27.7 Å². The number of aromatic nitrogens is 2. The molecule has 5 nitrogen and oxygen atoms in total. The van der Waals surface area contributed by atoms with Crippen molar-refractivity contribution in [2.24, 2.45) is 0 Å². The molecule has 0 fully saturated rings. The molecule has 0 aliphatic heterocycles. The number of carbonyl (C=O) groups is 1. The van der Waals surface area contributed by atoms with E-state index in [9.17, 15) is 9.90 Å². The molecule has 0 saturated carbocycles. The number of nitrogens with zero attached hydrogens (tertiary/aromatic N) is 2. The third-order valence-corrected chi connectivity index (χ3v) is 2.69. The molecule has 1 unspecified atom stereocenters. The lowest BCUT2D eigenvalue weighted by molar-refractivity contribution is -0.139. The Balaban J connectivity index is 2.45. The molecule has 0 aliphatic rings. The average Bonchev–Trinajstić information content (AvgIpc) is 2.87. The van der Waals surface area contributed by atoms with Crippen molar-refractivity contribution in [3.05, 3.63) is 48.0 Å². The van der Waals surface area contributed by atoms with Crippen molar-refractivity contribution >= 4 is 5.97 Å². The molecule has 0 spiro atoms. The summed E-state index contributed by atoms with van der Waals surface area (Å²) in [7, 11) is 1.53. The van der Waals surface area contributed by atoms with Crippen molar-refractivity contribution < 1.29 is 14.6 Å². The zero-order chi connectivity index (χ0) is 13.8. The fourth-order valence-electron chi connectivity index (χ4n) is 1.81. The lowest BCUT2D eigenvalue weighted by atomic mass is 10.1. The first-order valence-electron chi connectivity index (χ1n) is 5.52. The maximum Gasteiger partial charge on any atom is 0.331 e. The smallest absolute Gasteiger partial charge is 0.331 e. The Labute approximate surface area is 110 Å². The predicted octanol–water partition coefficient (Wildman–Crippen LogP) is 1.55. The number of hydrogen-bond donors (Lipinski definition) is 1. The Morgan fingerprint density at radius 2 is 2.37 bits per heavy atom. The second kappa shape index (κ2) is 5.27. The number of rotatable bonds is 4. The summed E-state index contributed by atoms with van der Waals surface area (Å²) in [4.78, 5) is 15.4. The Kier molecular flexibility index (Phi) is 3.53. The number of carboxylic acids is 1. The van der Waals surface area contributed by atoms with Crippen LogP contribution in [0.3, 0.4) is 0 Å². The molecule has 19 heavy (non-hydrogen) atoms. The number of carboxylic acid groups (broad SMARTS) is 1. The Morgan fingerprint density at radius 1 is 1.58 bits per heavy atom. The van der Waals surface area contributed by atoms with Crippen LogP contribution in [0.4, 0.5) is 0 Å². The van der Waals surface area contributed by atoms with Gasteiger partial charge in [0.25, 0.3) is 0 Å². The van der Waals surface area contributed by atoms with E-state index in [2.05, 4.69) is 10.9 Å². The summed E-state index contributed by atoms with van der Waals surface area (Å²) < 4.78 is 6.56. The molecule has 1 atom stereocenters. The van der Waals surface area contributed by atoms with Gasteiger partial charge in [0.05, 0.1) is 13.4 Å². The maximum atomic E-state index is 11.5. The molecular formula is C14H12N2O3. The van der Waals surface area contributed by atoms with E-state index in [0.717, 1.165) is 0 Å². The molecule has 0 aliphatic carbocycles. The van der Waals surface area contributed by atoms with E-state index in [1.165, 1.54) is 24.2 Å². The lowest BCUT2D eigenvalue weighted by Crippen LogP contribution is -2.19. The molecule has 1 N–H and O–H groups in total. The zero-order valence-electron chi connectivity index (χ0n) is 10.3. The van der Waals surface area contributed by atoms with Crippen LogP contribution in [-0.2, 0) is 4.79 Å². The zero-order valence-corrected chi connectivity index (χ0v) is 10.3. The van der Waals surface area contributed by atoms with E-state index in [1.54, 1.807) is 24.3 Å². The number of aliphatic carboxylic acids is 1. The first-order chi connectivity index (χ1) is 9.15. The molecule has 96 valence electrons. The number of ether oxygens (including phenoxy) is 1. The van der Waals surface area contributed by atoms with E-state index in [4.69, 9.17) is 11.2 Å². The number of imidazole rings is 1. The van der Waals surface area contributed by atoms with Crippen LogP contribution in [0.5, 0.6) is 5.75 Å². The number of terminal acetylenes is 1. The Bertz CT molecular complexity index is 640. The minimum absolute atomic E-state index is 0.397. The number of hydrogen-bond acceptors (Lipinski definition) is 3. The van der Waals surface area contributed by atoms with Crippen molar-refractivity contribution in [3.8, 4) is 18.1 Å². The maximum absolute atomic E-state index is 11.5. The summed E-state index contributed by atoms with van der Waals surface area (Å²) >= 11 is 0. The van der Waals surface area contributed by atoms with Gasteiger partial charge < -0.3 is 14.4 Å². The molecule has 5 heteroatoms. The van der Waals surface area contributed by atoms with Crippen molar-refractivity contribution in [1.82, 2.24) is 9.55 Å². The van der Waals surface area contributed by atoms with Gasteiger partial charge in [0.2, 0.25) is 0 Å². The van der Waals surface area contributed by atoms with Crippen molar-refractivity contribution in [3.63, 3.8) is 0 Å². The van der Waals surface area contributed by atoms with E-state index in [1.807, 2.05) is 0 Å². The van der Waals surface area contributed by atoms with Crippen LogP contribution in [0, 0.1) is 12.3 Å². The molecule has 0 radical (unpaired) electrons. The van der Waals surface area contributed by atoms with Crippen LogP contribution >= 0.6 is 0 Å². The standard InChI is InChI=1S/C14H12N2O3/c1-3-11-8-16(9-15-11)13(14(17)18)10-5-4-6-12(7-10)19-2/h1,4-9,13H,2H3,(H,17,18). The van der Waals surface area contributed by atoms with Gasteiger partial charge in [-0.1, -0.05) is 12.1 Å². The van der Waals surface area contributed by atoms with Crippen LogP contribution in [0.25, 0.3) is 0 Å². The van der Waals surface area contributed by atoms with Crippen LogP contribution < -0.4 is 4.74 Å². The van der Waals surface area contributed by atoms with Crippen LogP contribution in [0.1, 0.15) is 17.3 Å². The highest BCUT2D eigenvalue weighted by atomic mass is 16.5. The van der Waals surface area contributed by atoms with E-state index >= 15 is 0 Å². The summed E-state index contributed by atoms with van der Waals surface area (Å²) in [6.07, 6.45) is 8.17. The van der Waals surface area contributed by atoms with Crippen molar-refractivity contribution in [2.45, 2.75) is 6.04 Å². The molecule has 1 aromatic carbocycles. The highest BCUT2D eigenvalue weighted by Crippen LogP contribution is 2.23. The minimum Gasteiger partial charge on any atom is -0.497 e.